The normalized spacial score (nSPS) is 12.6. The van der Waals surface area contributed by atoms with Gasteiger partial charge in [0.05, 0.1) is 24.3 Å². The third-order valence-corrected chi connectivity index (χ3v) is 2.76. The highest BCUT2D eigenvalue weighted by Gasteiger charge is 2.18. The lowest BCUT2D eigenvalue weighted by Gasteiger charge is -2.19. The molecule has 3 N–H and O–H groups in total. The molecule has 0 saturated carbocycles. The van der Waals surface area contributed by atoms with Gasteiger partial charge in [-0.3, -0.25) is 4.98 Å². The number of aromatic nitrogens is 3. The number of nitrogens with one attached hydrogen (secondary N) is 1. The number of pyridine rings is 1. The maximum atomic E-state index is 6.00. The molecular formula is C12H17N5. The SMILES string of the molecule is CCNC(c1cnccc1N)c1cncn1C. The van der Waals surface area contributed by atoms with E-state index in [0.717, 1.165) is 23.5 Å². The largest absolute Gasteiger partial charge is 0.398 e. The van der Waals surface area contributed by atoms with E-state index in [4.69, 9.17) is 5.73 Å². The summed E-state index contributed by atoms with van der Waals surface area (Å²) in [7, 11) is 1.97. The van der Waals surface area contributed by atoms with E-state index in [1.165, 1.54) is 0 Å². The maximum absolute atomic E-state index is 6.00. The Kier molecular flexibility index (Phi) is 3.39. The molecular weight excluding hydrogens is 214 g/mol. The Bertz CT molecular complexity index is 491. The molecule has 1 unspecified atom stereocenters. The van der Waals surface area contributed by atoms with Crippen molar-refractivity contribution in [2.75, 3.05) is 12.3 Å². The molecule has 0 fully saturated rings. The maximum Gasteiger partial charge on any atom is 0.0946 e. The number of nitrogens with two attached hydrogens (primary N) is 1. The summed E-state index contributed by atoms with van der Waals surface area (Å²) in [5.41, 5.74) is 8.80. The fourth-order valence-electron chi connectivity index (χ4n) is 1.88. The molecule has 0 radical (unpaired) electrons. The van der Waals surface area contributed by atoms with Gasteiger partial charge in [0.25, 0.3) is 0 Å². The zero-order chi connectivity index (χ0) is 12.3. The molecule has 1 atom stereocenters. The smallest absolute Gasteiger partial charge is 0.0946 e. The van der Waals surface area contributed by atoms with E-state index in [1.807, 2.05) is 23.9 Å². The Morgan fingerprint density at radius 1 is 1.41 bits per heavy atom. The number of hydrogen-bond donors (Lipinski definition) is 2. The first-order chi connectivity index (χ1) is 8.24. The molecule has 0 aliphatic carbocycles. The lowest BCUT2D eigenvalue weighted by Crippen LogP contribution is -2.24. The second-order valence-corrected chi connectivity index (χ2v) is 3.92. The van der Waals surface area contributed by atoms with Crippen LogP contribution in [-0.2, 0) is 7.05 Å². The zero-order valence-electron chi connectivity index (χ0n) is 10.1. The van der Waals surface area contributed by atoms with Crippen LogP contribution in [0.4, 0.5) is 5.69 Å². The summed E-state index contributed by atoms with van der Waals surface area (Å²) in [4.78, 5) is 8.28. The topological polar surface area (TPSA) is 68.8 Å². The minimum atomic E-state index is 0.0289. The number of nitrogens with zero attached hydrogens (tertiary/aromatic N) is 3. The van der Waals surface area contributed by atoms with Crippen molar-refractivity contribution in [3.05, 3.63) is 42.2 Å². The van der Waals surface area contributed by atoms with Crippen molar-refractivity contribution in [3.63, 3.8) is 0 Å². The Morgan fingerprint density at radius 2 is 2.24 bits per heavy atom. The van der Waals surface area contributed by atoms with Crippen molar-refractivity contribution in [1.82, 2.24) is 19.9 Å². The molecule has 0 spiro atoms. The number of hydrogen-bond acceptors (Lipinski definition) is 4. The van der Waals surface area contributed by atoms with Crippen LogP contribution in [0.1, 0.15) is 24.2 Å². The molecule has 0 amide bonds. The summed E-state index contributed by atoms with van der Waals surface area (Å²) < 4.78 is 1.99. The van der Waals surface area contributed by atoms with Crippen LogP contribution in [0.5, 0.6) is 0 Å². The molecule has 2 aromatic heterocycles. The molecule has 5 nitrogen and oxygen atoms in total. The zero-order valence-corrected chi connectivity index (χ0v) is 10.1. The van der Waals surface area contributed by atoms with E-state index in [9.17, 15) is 0 Å². The Morgan fingerprint density at radius 3 is 2.82 bits per heavy atom. The molecule has 2 aromatic rings. The van der Waals surface area contributed by atoms with Gasteiger partial charge in [0.15, 0.2) is 0 Å². The number of aryl methyl sites for hydroxylation is 1. The van der Waals surface area contributed by atoms with Gasteiger partial charge in [-0.2, -0.15) is 0 Å². The quantitative estimate of drug-likeness (QED) is 0.826. The Labute approximate surface area is 101 Å². The number of nitrogen functional groups attached to an aromatic ring is 1. The molecule has 0 aliphatic rings. The van der Waals surface area contributed by atoms with Crippen molar-refractivity contribution in [3.8, 4) is 0 Å². The third-order valence-electron chi connectivity index (χ3n) is 2.76. The summed E-state index contributed by atoms with van der Waals surface area (Å²) in [5.74, 6) is 0. The van der Waals surface area contributed by atoms with Gasteiger partial charge in [-0.25, -0.2) is 4.98 Å². The van der Waals surface area contributed by atoms with Crippen molar-refractivity contribution in [2.45, 2.75) is 13.0 Å². The highest BCUT2D eigenvalue weighted by molar-refractivity contribution is 5.48. The van der Waals surface area contributed by atoms with Crippen molar-refractivity contribution in [2.24, 2.45) is 7.05 Å². The van der Waals surface area contributed by atoms with Crippen LogP contribution in [0.15, 0.2) is 31.0 Å². The van der Waals surface area contributed by atoms with E-state index in [1.54, 1.807) is 18.7 Å². The Balaban J connectivity index is 2.43. The lowest BCUT2D eigenvalue weighted by atomic mass is 10.0. The van der Waals surface area contributed by atoms with Crippen LogP contribution in [0.3, 0.4) is 0 Å². The van der Waals surface area contributed by atoms with Crippen molar-refractivity contribution < 1.29 is 0 Å². The first-order valence-corrected chi connectivity index (χ1v) is 5.63. The number of rotatable bonds is 4. The first kappa shape index (κ1) is 11.6. The molecule has 5 heteroatoms. The average Bonchev–Trinajstić information content (AvgIpc) is 2.74. The predicted octanol–water partition coefficient (Wildman–Crippen LogP) is 1.10. The van der Waals surface area contributed by atoms with Gasteiger partial charge in [0.1, 0.15) is 0 Å². The van der Waals surface area contributed by atoms with E-state index in [2.05, 4.69) is 22.2 Å². The Hall–Kier alpha value is -1.88. The highest BCUT2D eigenvalue weighted by atomic mass is 15.1. The minimum Gasteiger partial charge on any atom is -0.398 e. The molecule has 2 heterocycles. The molecule has 0 saturated heterocycles. The fraction of sp³-hybridized carbons (Fsp3) is 0.333. The second-order valence-electron chi connectivity index (χ2n) is 3.92. The summed E-state index contributed by atoms with van der Waals surface area (Å²) >= 11 is 0. The third kappa shape index (κ3) is 2.29. The summed E-state index contributed by atoms with van der Waals surface area (Å²) in [6.45, 7) is 2.92. The monoisotopic (exact) mass is 231 g/mol. The molecule has 17 heavy (non-hydrogen) atoms. The number of imidazole rings is 1. The fourth-order valence-corrected chi connectivity index (χ4v) is 1.88. The minimum absolute atomic E-state index is 0.0289. The highest BCUT2D eigenvalue weighted by Crippen LogP contribution is 2.25. The average molecular weight is 231 g/mol. The lowest BCUT2D eigenvalue weighted by molar-refractivity contribution is 0.593. The van der Waals surface area contributed by atoms with Gasteiger partial charge in [-0.1, -0.05) is 6.92 Å². The molecule has 0 aliphatic heterocycles. The van der Waals surface area contributed by atoms with Crippen molar-refractivity contribution >= 4 is 5.69 Å². The molecule has 0 aromatic carbocycles. The van der Waals surface area contributed by atoms with Crippen LogP contribution in [0, 0.1) is 0 Å². The second kappa shape index (κ2) is 4.97. The van der Waals surface area contributed by atoms with Gasteiger partial charge in [0, 0.05) is 30.7 Å². The summed E-state index contributed by atoms with van der Waals surface area (Å²) in [5, 5.41) is 3.40. The first-order valence-electron chi connectivity index (χ1n) is 5.63. The van der Waals surface area contributed by atoms with Crippen LogP contribution < -0.4 is 11.1 Å². The van der Waals surface area contributed by atoms with Crippen LogP contribution in [-0.4, -0.2) is 21.1 Å². The molecule has 0 bridgehead atoms. The van der Waals surface area contributed by atoms with Gasteiger partial charge in [-0.15, -0.1) is 0 Å². The van der Waals surface area contributed by atoms with Crippen LogP contribution in [0.25, 0.3) is 0 Å². The van der Waals surface area contributed by atoms with E-state index in [0.29, 0.717) is 0 Å². The van der Waals surface area contributed by atoms with E-state index < -0.39 is 0 Å². The van der Waals surface area contributed by atoms with Crippen molar-refractivity contribution in [1.29, 1.82) is 0 Å². The van der Waals surface area contributed by atoms with Gasteiger partial charge in [0.2, 0.25) is 0 Å². The molecule has 90 valence electrons. The number of anilines is 1. The predicted molar refractivity (Wildman–Crippen MR) is 67.4 cm³/mol. The van der Waals surface area contributed by atoms with Crippen LogP contribution >= 0.6 is 0 Å². The van der Waals surface area contributed by atoms with E-state index in [-0.39, 0.29) is 6.04 Å². The standard InChI is InChI=1S/C12H17N5/c1-3-16-12(11-7-15-8-17(11)2)9-6-14-5-4-10(9)13/h4-8,12,16H,3H2,1-2H3,(H2,13,14). The van der Waals surface area contributed by atoms with E-state index >= 15 is 0 Å². The van der Waals surface area contributed by atoms with Crippen LogP contribution in [0.2, 0.25) is 0 Å². The summed E-state index contributed by atoms with van der Waals surface area (Å²) in [6.07, 6.45) is 7.13. The van der Waals surface area contributed by atoms with Gasteiger partial charge < -0.3 is 15.6 Å². The van der Waals surface area contributed by atoms with Gasteiger partial charge >= 0.3 is 0 Å². The van der Waals surface area contributed by atoms with Gasteiger partial charge in [-0.05, 0) is 12.6 Å². The summed E-state index contributed by atoms with van der Waals surface area (Å²) in [6, 6.07) is 1.84. The molecule has 2 rings (SSSR count).